The van der Waals surface area contributed by atoms with E-state index >= 15 is 0 Å². The summed E-state index contributed by atoms with van der Waals surface area (Å²) < 4.78 is 0. The van der Waals surface area contributed by atoms with Crippen LogP contribution in [-0.2, 0) is 0 Å². The molecule has 0 radical (unpaired) electrons. The second-order valence-electron chi connectivity index (χ2n) is 2.51. The van der Waals surface area contributed by atoms with Gasteiger partial charge in [0.1, 0.15) is 0 Å². The van der Waals surface area contributed by atoms with E-state index in [1.54, 1.807) is 6.34 Å². The van der Waals surface area contributed by atoms with E-state index in [1.165, 1.54) is 0 Å². The Kier molecular flexibility index (Phi) is 1.51. The van der Waals surface area contributed by atoms with Gasteiger partial charge in [-0.2, -0.15) is 0 Å². The molecule has 1 rings (SSSR count). The van der Waals surface area contributed by atoms with Crippen molar-refractivity contribution < 1.29 is 0 Å². The molecule has 0 saturated carbocycles. The normalized spacial score (nSPS) is 26.6. The fraction of sp³-hybridized carbons (Fsp3) is 0.833. The van der Waals surface area contributed by atoms with Crippen molar-refractivity contribution in [2.24, 2.45) is 10.9 Å². The molecular weight excluding hydrogens is 100 g/mol. The van der Waals surface area contributed by atoms with Crippen LogP contribution in [0, 0.1) is 5.92 Å². The summed E-state index contributed by atoms with van der Waals surface area (Å²) in [5.41, 5.74) is 0. The average Bonchev–Trinajstić information content (AvgIpc) is 2.12. The van der Waals surface area contributed by atoms with Crippen LogP contribution in [0.2, 0.25) is 0 Å². The Balaban J connectivity index is 2.29. The zero-order valence-electron chi connectivity index (χ0n) is 5.39. The molecule has 1 heterocycles. The van der Waals surface area contributed by atoms with E-state index in [2.05, 4.69) is 24.2 Å². The second kappa shape index (κ2) is 2.16. The maximum Gasteiger partial charge on any atom is 0.0827 e. The largest absolute Gasteiger partial charge is 0.372 e. The fourth-order valence-corrected chi connectivity index (χ4v) is 0.771. The van der Waals surface area contributed by atoms with Crippen LogP contribution in [0.5, 0.6) is 0 Å². The number of hydrogen-bond donors (Lipinski definition) is 1. The molecule has 0 saturated heterocycles. The van der Waals surface area contributed by atoms with Gasteiger partial charge < -0.3 is 5.32 Å². The minimum atomic E-state index is 0.593. The Morgan fingerprint density at radius 1 is 1.75 bits per heavy atom. The van der Waals surface area contributed by atoms with Crippen molar-refractivity contribution in [1.29, 1.82) is 0 Å². The first-order valence-electron chi connectivity index (χ1n) is 3.05. The third-order valence-electron chi connectivity index (χ3n) is 1.49. The second-order valence-corrected chi connectivity index (χ2v) is 2.51. The van der Waals surface area contributed by atoms with E-state index < -0.39 is 0 Å². The van der Waals surface area contributed by atoms with Crippen LogP contribution in [0.1, 0.15) is 13.8 Å². The van der Waals surface area contributed by atoms with Gasteiger partial charge in [0.2, 0.25) is 0 Å². The van der Waals surface area contributed by atoms with Gasteiger partial charge in [0.05, 0.1) is 12.9 Å². The first-order chi connectivity index (χ1) is 3.80. The van der Waals surface area contributed by atoms with E-state index in [1.807, 2.05) is 0 Å². The molecule has 2 nitrogen and oxygen atoms in total. The lowest BCUT2D eigenvalue weighted by Crippen LogP contribution is -2.29. The number of nitrogens with one attached hydrogen (secondary N) is 1. The van der Waals surface area contributed by atoms with Crippen LogP contribution in [0.3, 0.4) is 0 Å². The van der Waals surface area contributed by atoms with Crippen molar-refractivity contribution in [3.05, 3.63) is 0 Å². The Hall–Kier alpha value is -0.530. The highest BCUT2D eigenvalue weighted by Gasteiger charge is 2.12. The molecule has 0 fully saturated rings. The molecule has 46 valence electrons. The van der Waals surface area contributed by atoms with Crippen molar-refractivity contribution in [1.82, 2.24) is 5.32 Å². The zero-order chi connectivity index (χ0) is 5.98. The van der Waals surface area contributed by atoms with Gasteiger partial charge in [0, 0.05) is 6.04 Å². The van der Waals surface area contributed by atoms with Crippen molar-refractivity contribution in [2.45, 2.75) is 19.9 Å². The Morgan fingerprint density at radius 3 is 2.75 bits per heavy atom. The number of rotatable bonds is 1. The molecule has 2 heteroatoms. The summed E-state index contributed by atoms with van der Waals surface area (Å²) in [6, 6.07) is 0.593. The lowest BCUT2D eigenvalue weighted by molar-refractivity contribution is 0.485. The van der Waals surface area contributed by atoms with Gasteiger partial charge in [-0.05, 0) is 5.92 Å². The van der Waals surface area contributed by atoms with Crippen molar-refractivity contribution in [3.8, 4) is 0 Å². The van der Waals surface area contributed by atoms with Gasteiger partial charge in [-0.1, -0.05) is 13.8 Å². The van der Waals surface area contributed by atoms with Gasteiger partial charge in [-0.25, -0.2) is 0 Å². The molecule has 0 aromatic heterocycles. The predicted molar refractivity (Wildman–Crippen MR) is 35.1 cm³/mol. The Morgan fingerprint density at radius 2 is 2.50 bits per heavy atom. The molecule has 0 aromatic rings. The highest BCUT2D eigenvalue weighted by atomic mass is 15.1. The summed E-state index contributed by atoms with van der Waals surface area (Å²) in [4.78, 5) is 4.05. The highest BCUT2D eigenvalue weighted by molar-refractivity contribution is 5.57. The first kappa shape index (κ1) is 5.60. The summed E-state index contributed by atoms with van der Waals surface area (Å²) in [5, 5.41) is 3.16. The molecule has 1 atom stereocenters. The third-order valence-corrected chi connectivity index (χ3v) is 1.49. The van der Waals surface area contributed by atoms with Crippen LogP contribution >= 0.6 is 0 Å². The highest BCUT2D eigenvalue weighted by Crippen LogP contribution is 2.03. The van der Waals surface area contributed by atoms with Crippen molar-refractivity contribution in [3.63, 3.8) is 0 Å². The number of nitrogens with zero attached hydrogens (tertiary/aromatic N) is 1. The molecule has 1 aliphatic rings. The van der Waals surface area contributed by atoms with Gasteiger partial charge >= 0.3 is 0 Å². The Labute approximate surface area is 50.0 Å². The number of hydrogen-bond acceptors (Lipinski definition) is 2. The molecule has 0 aliphatic carbocycles. The van der Waals surface area contributed by atoms with Crippen molar-refractivity contribution in [2.75, 3.05) is 6.54 Å². The van der Waals surface area contributed by atoms with Crippen LogP contribution in [0.15, 0.2) is 4.99 Å². The standard InChI is InChI=1S/C6H12N2/c1-5(2)6-3-7-4-8-6/h4-6H,3H2,1-2H3,(H,7,8)/t6-/m0/s1. The molecule has 1 N–H and O–H groups in total. The summed E-state index contributed by atoms with van der Waals surface area (Å²) in [7, 11) is 0. The van der Waals surface area contributed by atoms with Gasteiger partial charge in [-0.15, -0.1) is 0 Å². The fourth-order valence-electron chi connectivity index (χ4n) is 0.771. The predicted octanol–water partition coefficient (Wildman–Crippen LogP) is 0.643. The van der Waals surface area contributed by atoms with Crippen molar-refractivity contribution >= 4 is 6.34 Å². The summed E-state index contributed by atoms with van der Waals surface area (Å²) in [6.07, 6.45) is 1.80. The lowest BCUT2D eigenvalue weighted by atomic mass is 10.1. The van der Waals surface area contributed by atoms with E-state index in [0.29, 0.717) is 12.0 Å². The summed E-state index contributed by atoms with van der Waals surface area (Å²) >= 11 is 0. The monoisotopic (exact) mass is 112 g/mol. The summed E-state index contributed by atoms with van der Waals surface area (Å²) in [6.45, 7) is 5.36. The molecule has 1 aliphatic heterocycles. The van der Waals surface area contributed by atoms with Gasteiger partial charge in [0.25, 0.3) is 0 Å². The maximum atomic E-state index is 4.05. The van der Waals surface area contributed by atoms with Crippen LogP contribution in [-0.4, -0.2) is 18.9 Å². The minimum absolute atomic E-state index is 0.593. The third kappa shape index (κ3) is 0.997. The molecule has 8 heavy (non-hydrogen) atoms. The molecule has 0 bridgehead atoms. The molecule has 0 aromatic carbocycles. The minimum Gasteiger partial charge on any atom is -0.372 e. The molecular formula is C6H12N2. The molecule has 0 spiro atoms. The Bertz CT molecular complexity index is 88.7. The van der Waals surface area contributed by atoms with E-state index in [9.17, 15) is 0 Å². The topological polar surface area (TPSA) is 24.4 Å². The SMILES string of the molecule is CC(C)[C@@H]1CN=CN1. The average molecular weight is 112 g/mol. The summed E-state index contributed by atoms with van der Waals surface area (Å²) in [5.74, 6) is 0.706. The van der Waals surface area contributed by atoms with Gasteiger partial charge in [0.15, 0.2) is 0 Å². The van der Waals surface area contributed by atoms with Crippen LogP contribution in [0.4, 0.5) is 0 Å². The smallest absolute Gasteiger partial charge is 0.0827 e. The molecule has 0 unspecified atom stereocenters. The van der Waals surface area contributed by atoms with Crippen LogP contribution < -0.4 is 5.32 Å². The maximum absolute atomic E-state index is 4.05. The zero-order valence-corrected chi connectivity index (χ0v) is 5.39. The molecule has 0 amide bonds. The quantitative estimate of drug-likeness (QED) is 0.529. The van der Waals surface area contributed by atoms with E-state index in [4.69, 9.17) is 0 Å². The first-order valence-corrected chi connectivity index (χ1v) is 3.05. The van der Waals surface area contributed by atoms with E-state index in [-0.39, 0.29) is 0 Å². The van der Waals surface area contributed by atoms with E-state index in [0.717, 1.165) is 6.54 Å². The lowest BCUT2D eigenvalue weighted by Gasteiger charge is -2.12. The number of aliphatic imine (C=N–C) groups is 1. The van der Waals surface area contributed by atoms with Crippen LogP contribution in [0.25, 0.3) is 0 Å². The van der Waals surface area contributed by atoms with Gasteiger partial charge in [-0.3, -0.25) is 4.99 Å².